The summed E-state index contributed by atoms with van der Waals surface area (Å²) in [7, 11) is 3.11. The van der Waals surface area contributed by atoms with Crippen LogP contribution in [0.15, 0.2) is 46.3 Å². The van der Waals surface area contributed by atoms with E-state index in [1.165, 1.54) is 11.8 Å². The van der Waals surface area contributed by atoms with E-state index in [4.69, 9.17) is 32.7 Å². The highest BCUT2D eigenvalue weighted by Crippen LogP contribution is 2.37. The van der Waals surface area contributed by atoms with Crippen LogP contribution in [0.2, 0.25) is 10.0 Å². The van der Waals surface area contributed by atoms with E-state index in [9.17, 15) is 4.79 Å². The molecule has 2 aromatic rings. The van der Waals surface area contributed by atoms with Gasteiger partial charge in [-0.2, -0.15) is 0 Å². The summed E-state index contributed by atoms with van der Waals surface area (Å²) >= 11 is 13.3. The second-order valence-corrected chi connectivity index (χ2v) is 6.95. The predicted octanol–water partition coefficient (Wildman–Crippen LogP) is 4.90. The number of rotatable bonds is 4. The monoisotopic (exact) mass is 408 g/mol. The summed E-state index contributed by atoms with van der Waals surface area (Å²) in [5, 5.41) is 3.88. The molecule has 0 unspecified atom stereocenters. The van der Waals surface area contributed by atoms with Gasteiger partial charge in [0.05, 0.1) is 34.9 Å². The number of hydrogen-bond acceptors (Lipinski definition) is 5. The van der Waals surface area contributed by atoms with E-state index in [1.54, 1.807) is 44.6 Å². The van der Waals surface area contributed by atoms with E-state index >= 15 is 0 Å². The van der Waals surface area contributed by atoms with Crippen LogP contribution in [0.25, 0.3) is 6.08 Å². The molecule has 1 heterocycles. The van der Waals surface area contributed by atoms with E-state index in [0.717, 1.165) is 5.56 Å². The van der Waals surface area contributed by atoms with Crippen LogP contribution in [0.5, 0.6) is 11.5 Å². The van der Waals surface area contributed by atoms with Crippen LogP contribution in [0.3, 0.4) is 0 Å². The molecule has 0 bridgehead atoms. The molecule has 26 heavy (non-hydrogen) atoms. The number of hydrogen-bond donors (Lipinski definition) is 1. The number of halogens is 2. The van der Waals surface area contributed by atoms with Crippen LogP contribution < -0.4 is 14.8 Å². The van der Waals surface area contributed by atoms with Gasteiger partial charge in [-0.1, -0.05) is 41.4 Å². The molecule has 1 aliphatic rings. The van der Waals surface area contributed by atoms with E-state index in [-0.39, 0.29) is 5.91 Å². The first-order valence-corrected chi connectivity index (χ1v) is 9.05. The van der Waals surface area contributed by atoms with Gasteiger partial charge in [-0.25, -0.2) is 4.99 Å². The van der Waals surface area contributed by atoms with Gasteiger partial charge in [0, 0.05) is 5.56 Å². The first-order chi connectivity index (χ1) is 12.5. The van der Waals surface area contributed by atoms with E-state index in [0.29, 0.717) is 37.3 Å². The lowest BCUT2D eigenvalue weighted by Crippen LogP contribution is -2.19. The lowest BCUT2D eigenvalue weighted by atomic mass is 10.1. The van der Waals surface area contributed by atoms with Crippen LogP contribution in [0.4, 0.5) is 5.69 Å². The van der Waals surface area contributed by atoms with Gasteiger partial charge in [-0.15, -0.1) is 0 Å². The highest BCUT2D eigenvalue weighted by Gasteiger charge is 2.25. The highest BCUT2D eigenvalue weighted by molar-refractivity contribution is 8.18. The Bertz CT molecular complexity index is 929. The van der Waals surface area contributed by atoms with Gasteiger partial charge in [-0.05, 0) is 36.0 Å². The Balaban J connectivity index is 1.92. The molecule has 0 atom stereocenters. The van der Waals surface area contributed by atoms with Gasteiger partial charge in [0.15, 0.2) is 16.7 Å². The summed E-state index contributed by atoms with van der Waals surface area (Å²) in [4.78, 5) is 17.1. The fourth-order valence-electron chi connectivity index (χ4n) is 2.34. The molecule has 1 saturated heterocycles. The molecule has 5 nitrogen and oxygen atoms in total. The molecule has 1 amide bonds. The average Bonchev–Trinajstić information content (AvgIpc) is 2.97. The van der Waals surface area contributed by atoms with Crippen molar-refractivity contribution in [1.82, 2.24) is 5.32 Å². The maximum atomic E-state index is 12.3. The maximum Gasteiger partial charge on any atom is 0.264 e. The smallest absolute Gasteiger partial charge is 0.264 e. The largest absolute Gasteiger partial charge is 0.493 e. The van der Waals surface area contributed by atoms with Crippen molar-refractivity contribution in [3.63, 3.8) is 0 Å². The van der Waals surface area contributed by atoms with E-state index in [2.05, 4.69) is 10.3 Å². The Morgan fingerprint density at radius 2 is 1.88 bits per heavy atom. The van der Waals surface area contributed by atoms with Crippen molar-refractivity contribution < 1.29 is 14.3 Å². The number of aliphatic imine (C=N–C) groups is 1. The Hall–Kier alpha value is -2.15. The van der Waals surface area contributed by atoms with Crippen LogP contribution in [-0.2, 0) is 4.79 Å². The molecule has 0 spiro atoms. The van der Waals surface area contributed by atoms with Crippen LogP contribution in [0.1, 0.15) is 5.56 Å². The van der Waals surface area contributed by atoms with Crippen molar-refractivity contribution in [2.24, 2.45) is 4.99 Å². The normalized spacial score (nSPS) is 16.8. The second kappa shape index (κ2) is 8.03. The summed E-state index contributed by atoms with van der Waals surface area (Å²) in [6.07, 6.45) is 1.73. The van der Waals surface area contributed by atoms with Crippen LogP contribution in [0, 0.1) is 0 Å². The second-order valence-electron chi connectivity index (χ2n) is 5.14. The molecular formula is C18H14Cl2N2O3S. The van der Waals surface area contributed by atoms with Crippen LogP contribution >= 0.6 is 35.0 Å². The standard InChI is InChI=1S/C18H14Cl2N2O3S/c1-24-13-8-3-5-10(16(13)25-2)9-14-17(23)22-18(26-14)21-12-7-4-6-11(19)15(12)20/h3-9H,1-2H3,(H,21,22,23)/b14-9+. The summed E-state index contributed by atoms with van der Waals surface area (Å²) < 4.78 is 10.7. The number of carbonyl (C=O) groups is 1. The Labute approximate surface area is 165 Å². The predicted molar refractivity (Wildman–Crippen MR) is 107 cm³/mol. The van der Waals surface area contributed by atoms with Gasteiger partial charge in [0.25, 0.3) is 5.91 Å². The average molecular weight is 409 g/mol. The minimum Gasteiger partial charge on any atom is -0.493 e. The fraction of sp³-hybridized carbons (Fsp3) is 0.111. The number of benzene rings is 2. The lowest BCUT2D eigenvalue weighted by molar-refractivity contribution is -0.115. The van der Waals surface area contributed by atoms with Crippen molar-refractivity contribution in [2.75, 3.05) is 14.2 Å². The molecule has 1 fully saturated rings. The van der Waals surface area contributed by atoms with Crippen molar-refractivity contribution in [3.05, 3.63) is 56.9 Å². The molecule has 3 rings (SSSR count). The molecule has 0 aromatic heterocycles. The summed E-state index contributed by atoms with van der Waals surface area (Å²) in [5.41, 5.74) is 1.22. The molecule has 0 aliphatic carbocycles. The zero-order valence-electron chi connectivity index (χ0n) is 13.9. The zero-order chi connectivity index (χ0) is 18.7. The number of amidine groups is 1. The van der Waals surface area contributed by atoms with Gasteiger partial charge < -0.3 is 14.8 Å². The van der Waals surface area contributed by atoms with Gasteiger partial charge in [0.1, 0.15) is 0 Å². The maximum absolute atomic E-state index is 12.3. The SMILES string of the molecule is COc1cccc(/C=C2/SC(=Nc3cccc(Cl)c3Cl)NC2=O)c1OC. The van der Waals surface area contributed by atoms with Crippen LogP contribution in [-0.4, -0.2) is 25.3 Å². The highest BCUT2D eigenvalue weighted by atomic mass is 35.5. The molecule has 0 saturated carbocycles. The lowest BCUT2D eigenvalue weighted by Gasteiger charge is -2.10. The summed E-state index contributed by atoms with van der Waals surface area (Å²) in [6.45, 7) is 0. The van der Waals surface area contributed by atoms with E-state index in [1.807, 2.05) is 12.1 Å². The molecule has 134 valence electrons. The number of carbonyl (C=O) groups excluding carboxylic acids is 1. The number of nitrogens with zero attached hydrogens (tertiary/aromatic N) is 1. The molecule has 2 aromatic carbocycles. The molecule has 0 radical (unpaired) electrons. The molecule has 1 aliphatic heterocycles. The number of methoxy groups -OCH3 is 2. The van der Waals surface area contributed by atoms with E-state index < -0.39 is 0 Å². The van der Waals surface area contributed by atoms with Crippen molar-refractivity contribution in [2.45, 2.75) is 0 Å². The van der Waals surface area contributed by atoms with Gasteiger partial charge in [0.2, 0.25) is 0 Å². The minimum absolute atomic E-state index is 0.253. The molecular weight excluding hydrogens is 395 g/mol. The quantitative estimate of drug-likeness (QED) is 0.730. The minimum atomic E-state index is -0.253. The first kappa shape index (κ1) is 18.6. The summed E-state index contributed by atoms with van der Waals surface area (Å²) in [5.74, 6) is 0.890. The Morgan fingerprint density at radius 3 is 2.62 bits per heavy atom. The third-order valence-electron chi connectivity index (χ3n) is 3.52. The molecule has 8 heteroatoms. The van der Waals surface area contributed by atoms with Gasteiger partial charge >= 0.3 is 0 Å². The number of thioether (sulfide) groups is 1. The first-order valence-electron chi connectivity index (χ1n) is 7.48. The summed E-state index contributed by atoms with van der Waals surface area (Å²) in [6, 6.07) is 10.6. The number of ether oxygens (including phenoxy) is 2. The third kappa shape index (κ3) is 3.82. The Kier molecular flexibility index (Phi) is 5.76. The van der Waals surface area contributed by atoms with Crippen molar-refractivity contribution in [3.8, 4) is 11.5 Å². The third-order valence-corrected chi connectivity index (χ3v) is 5.24. The zero-order valence-corrected chi connectivity index (χ0v) is 16.2. The topological polar surface area (TPSA) is 59.9 Å². The van der Waals surface area contributed by atoms with Gasteiger partial charge in [-0.3, -0.25) is 4.79 Å². The number of nitrogens with one attached hydrogen (secondary N) is 1. The number of para-hydroxylation sites is 1. The molecule has 1 N–H and O–H groups in total. The van der Waals surface area contributed by atoms with Crippen molar-refractivity contribution in [1.29, 1.82) is 0 Å². The fourth-order valence-corrected chi connectivity index (χ4v) is 3.50. The van der Waals surface area contributed by atoms with Crippen molar-refractivity contribution >= 4 is 57.8 Å². The number of amides is 1. The Morgan fingerprint density at radius 1 is 1.12 bits per heavy atom.